The van der Waals surface area contributed by atoms with Gasteiger partial charge in [0.1, 0.15) is 17.8 Å². The molecule has 13 heteroatoms. The minimum atomic E-state index is -3.15. The average molecular weight is 795 g/mol. The Hall–Kier alpha value is -4.05. The summed E-state index contributed by atoms with van der Waals surface area (Å²) >= 11 is 0. The first kappa shape index (κ1) is 47.1. The summed E-state index contributed by atoms with van der Waals surface area (Å²) in [6, 6.07) is 30.8. The van der Waals surface area contributed by atoms with E-state index in [0.29, 0.717) is 36.9 Å². The highest BCUT2D eigenvalue weighted by atomic mass is 31.2. The molecular weight excluding hydrogens is 736 g/mol. The van der Waals surface area contributed by atoms with E-state index in [2.05, 4.69) is 24.2 Å². The Morgan fingerprint density at radius 1 is 0.782 bits per heavy atom. The van der Waals surface area contributed by atoms with Crippen LogP contribution in [0.1, 0.15) is 41.5 Å². The molecule has 2 heterocycles. The molecule has 1 aliphatic rings. The second-order valence-corrected chi connectivity index (χ2v) is 16.9. The van der Waals surface area contributed by atoms with Crippen molar-refractivity contribution < 1.29 is 38.0 Å². The second kappa shape index (κ2) is 25.2. The van der Waals surface area contributed by atoms with E-state index in [-0.39, 0.29) is 37.4 Å². The molecule has 0 fully saturated rings. The number of fused-ring (bicyclic) bond motifs is 6. The van der Waals surface area contributed by atoms with E-state index in [4.69, 9.17) is 29.8 Å². The number of benzene rings is 4. The van der Waals surface area contributed by atoms with E-state index >= 15 is 0 Å². The van der Waals surface area contributed by atoms with Gasteiger partial charge >= 0.3 is 7.65 Å². The lowest BCUT2D eigenvalue weighted by atomic mass is 10.0. The van der Waals surface area contributed by atoms with Crippen LogP contribution in [0.4, 0.5) is 0 Å². The summed E-state index contributed by atoms with van der Waals surface area (Å²) in [6.45, 7) is 13.4. The van der Waals surface area contributed by atoms with Crippen LogP contribution < -0.4 is 20.9 Å². The van der Waals surface area contributed by atoms with E-state index in [1.807, 2.05) is 131 Å². The number of aldehydes is 1. The number of para-hydroxylation sites is 2. The minimum absolute atomic E-state index is 0.00144. The number of carbonyl (C=O) groups excluding carboxylic acids is 1. The minimum Gasteiger partial charge on any atom is -0.438 e. The van der Waals surface area contributed by atoms with Gasteiger partial charge in [0, 0.05) is 41.6 Å². The number of carbonyl (C=O) groups is 1. The molecule has 0 amide bonds. The molecule has 55 heavy (non-hydrogen) atoms. The van der Waals surface area contributed by atoms with Crippen LogP contribution in [0.3, 0.4) is 0 Å². The van der Waals surface area contributed by atoms with Gasteiger partial charge in [-0.3, -0.25) is 9.56 Å². The van der Waals surface area contributed by atoms with E-state index in [0.717, 1.165) is 38.6 Å². The van der Waals surface area contributed by atoms with E-state index < -0.39 is 15.0 Å². The van der Waals surface area contributed by atoms with Gasteiger partial charge < -0.3 is 35.7 Å². The third-order valence-corrected chi connectivity index (χ3v) is 11.8. The molecule has 0 saturated heterocycles. The zero-order valence-corrected chi connectivity index (χ0v) is 34.5. The fourth-order valence-corrected chi connectivity index (χ4v) is 9.19. The fourth-order valence-electron chi connectivity index (χ4n) is 5.22. The number of hydrogen-bond acceptors (Lipinski definition) is 11. The van der Waals surface area contributed by atoms with Gasteiger partial charge in [0.05, 0.1) is 31.7 Å². The number of nitrogens with two attached hydrogens (primary N) is 1. The summed E-state index contributed by atoms with van der Waals surface area (Å²) in [5.41, 5.74) is 7.42. The molecule has 1 aliphatic heterocycles. The smallest absolute Gasteiger partial charge is 0.438 e. The lowest BCUT2D eigenvalue weighted by Crippen LogP contribution is -2.41. The fraction of sp³-hybridized carbons (Fsp3) is 0.381. The van der Waals surface area contributed by atoms with E-state index in [9.17, 15) is 13.9 Å². The Bertz CT molecular complexity index is 2010. The van der Waals surface area contributed by atoms with Gasteiger partial charge in [-0.1, -0.05) is 108 Å². The molecule has 0 spiro atoms. The Labute approximate surface area is 325 Å². The Morgan fingerprint density at radius 3 is 1.93 bits per heavy atom. The maximum absolute atomic E-state index is 13.9. The van der Waals surface area contributed by atoms with Crippen molar-refractivity contribution >= 4 is 54.3 Å². The Balaban J connectivity index is 0.000000279. The van der Waals surface area contributed by atoms with Gasteiger partial charge in [-0.15, -0.1) is 0 Å². The molecule has 6 N–H and O–H groups in total. The molecule has 0 saturated carbocycles. The number of aliphatic hydroxyl groups is 3. The van der Waals surface area contributed by atoms with Crippen LogP contribution in [0.2, 0.25) is 0 Å². The number of nitrogens with zero attached hydrogens (tertiary/aromatic N) is 1. The molecule has 5 aromatic rings. The van der Waals surface area contributed by atoms with Crippen LogP contribution in [0.15, 0.2) is 106 Å². The quantitative estimate of drug-likeness (QED) is 0.0401. The highest BCUT2D eigenvalue weighted by Gasteiger charge is 2.44. The molecule has 3 atom stereocenters. The average Bonchev–Trinajstić information content (AvgIpc) is 3.19. The van der Waals surface area contributed by atoms with Crippen LogP contribution in [0.5, 0.6) is 5.75 Å². The predicted octanol–water partition coefficient (Wildman–Crippen LogP) is 8.03. The number of aliphatic imine (C=N–C) groups is 1. The van der Waals surface area contributed by atoms with Crippen LogP contribution >= 0.6 is 15.0 Å². The van der Waals surface area contributed by atoms with Crippen molar-refractivity contribution in [3.05, 3.63) is 97.1 Å². The summed E-state index contributed by atoms with van der Waals surface area (Å²) in [5.74, 6) is 1.12. The van der Waals surface area contributed by atoms with Gasteiger partial charge in [-0.2, -0.15) is 0 Å². The SMILES string of the molecule is CC(C)C(NCCO)P1(=O)Oc2ccccc2-c2ccccc21.CC(C)C=NCCO.CC(C)C=O.NCCO.O=[p+]1oc2ccccc2c2ccccc21. The van der Waals surface area contributed by atoms with Gasteiger partial charge in [0.25, 0.3) is 7.37 Å². The third-order valence-electron chi connectivity index (χ3n) is 7.61. The number of aliphatic hydroxyl groups excluding tert-OH is 3. The lowest BCUT2D eigenvalue weighted by Gasteiger charge is -2.36. The van der Waals surface area contributed by atoms with Crippen LogP contribution in [0.25, 0.3) is 32.6 Å². The van der Waals surface area contributed by atoms with Crippen LogP contribution in [-0.2, 0) is 13.9 Å². The molecule has 4 aromatic carbocycles. The molecule has 1 aromatic heterocycles. The van der Waals surface area contributed by atoms with Crippen molar-refractivity contribution in [2.75, 3.05) is 39.5 Å². The highest BCUT2D eigenvalue weighted by Crippen LogP contribution is 2.58. The molecular formula is C42H58N3O8P2+. The van der Waals surface area contributed by atoms with Gasteiger partial charge in [0.2, 0.25) is 5.12 Å². The van der Waals surface area contributed by atoms with Crippen molar-refractivity contribution in [2.24, 2.45) is 28.5 Å². The van der Waals surface area contributed by atoms with E-state index in [1.54, 1.807) is 0 Å². The van der Waals surface area contributed by atoms with E-state index in [1.165, 1.54) is 0 Å². The lowest BCUT2D eigenvalue weighted by molar-refractivity contribution is -0.110. The maximum atomic E-state index is 13.9. The Kier molecular flexibility index (Phi) is 21.6. The summed E-state index contributed by atoms with van der Waals surface area (Å²) in [4.78, 5) is 13.4. The standard InChI is InChI=1S/C18H22NO3P.C12H8O2P.C6H13NO.C4H8O.C2H7NO/c1-13(2)18(19-11-12-20)23(21)17-10-6-4-8-15(17)14-7-3-5-9-16(14)22-23;13-15-12-8-4-2-6-10(12)9-5-1-3-7-11(9)14-15;1-6(2)5-7-3-4-8;1-4(2)3-5;3-1-2-4/h3-10,13,18-20H,11-12H2,1-2H3;1-8H;5-6,8H,3-4H2,1-2H3;3-4H,1-2H3;4H,1-3H2/q;+1;;;. The second-order valence-electron chi connectivity index (χ2n) is 13.3. The largest absolute Gasteiger partial charge is 0.597 e. The monoisotopic (exact) mass is 794 g/mol. The summed E-state index contributed by atoms with van der Waals surface area (Å²) < 4.78 is 37.1. The van der Waals surface area contributed by atoms with Crippen LogP contribution in [-0.4, -0.2) is 73.1 Å². The van der Waals surface area contributed by atoms with Crippen LogP contribution in [0, 0.1) is 17.8 Å². The molecule has 3 unspecified atom stereocenters. The van der Waals surface area contributed by atoms with Crippen molar-refractivity contribution in [3.8, 4) is 16.9 Å². The molecule has 6 rings (SSSR count). The van der Waals surface area contributed by atoms with Crippen molar-refractivity contribution in [3.63, 3.8) is 0 Å². The molecule has 0 aliphatic carbocycles. The van der Waals surface area contributed by atoms with Gasteiger partial charge in [-0.25, -0.2) is 4.20 Å². The zero-order valence-electron chi connectivity index (χ0n) is 32.7. The topological polar surface area (TPSA) is 185 Å². The van der Waals surface area contributed by atoms with Crippen molar-refractivity contribution in [1.82, 2.24) is 5.32 Å². The molecule has 0 bridgehead atoms. The first-order valence-electron chi connectivity index (χ1n) is 18.4. The van der Waals surface area contributed by atoms with Gasteiger partial charge in [-0.05, 0) is 52.3 Å². The number of nitrogens with one attached hydrogen (secondary N) is 1. The highest BCUT2D eigenvalue weighted by molar-refractivity contribution is 7.68. The third kappa shape index (κ3) is 14.5. The molecule has 0 radical (unpaired) electrons. The predicted molar refractivity (Wildman–Crippen MR) is 227 cm³/mol. The van der Waals surface area contributed by atoms with Crippen molar-refractivity contribution in [2.45, 2.75) is 47.3 Å². The first-order valence-corrected chi connectivity index (χ1v) is 21.3. The normalized spacial score (nSPS) is 14.9. The number of hydrogen-bond donors (Lipinski definition) is 5. The maximum Gasteiger partial charge on any atom is 0.597 e. The Morgan fingerprint density at radius 2 is 1.35 bits per heavy atom. The number of rotatable bonds is 10. The molecule has 298 valence electrons. The first-order chi connectivity index (χ1) is 26.4. The van der Waals surface area contributed by atoms with Crippen molar-refractivity contribution in [1.29, 1.82) is 0 Å². The summed E-state index contributed by atoms with van der Waals surface area (Å²) in [7, 11) is -4.90. The summed E-state index contributed by atoms with van der Waals surface area (Å²) in [5, 5.41) is 31.9. The summed E-state index contributed by atoms with van der Waals surface area (Å²) in [6.07, 6.45) is 2.76. The zero-order chi connectivity index (χ0) is 40.8. The molecule has 11 nitrogen and oxygen atoms in total. The van der Waals surface area contributed by atoms with Gasteiger partial charge in [0.15, 0.2) is 5.58 Å².